The Morgan fingerprint density at radius 2 is 0.926 bits per heavy atom. The van der Waals surface area contributed by atoms with Crippen molar-refractivity contribution in [2.45, 2.75) is 0 Å². The lowest BCUT2D eigenvalue weighted by Gasteiger charge is -2.26. The van der Waals surface area contributed by atoms with E-state index in [-0.39, 0.29) is 0 Å². The van der Waals surface area contributed by atoms with Crippen molar-refractivity contribution in [3.8, 4) is 32.8 Å². The molecule has 11 aromatic rings. The fourth-order valence-electron chi connectivity index (χ4n) is 7.79. The zero-order valence-corrected chi connectivity index (χ0v) is 29.8. The summed E-state index contributed by atoms with van der Waals surface area (Å²) in [6.45, 7) is 0. The normalized spacial score (nSPS) is 11.7. The summed E-state index contributed by atoms with van der Waals surface area (Å²) in [6.07, 6.45) is 0. The Morgan fingerprint density at radius 3 is 1.54 bits per heavy atom. The highest BCUT2D eigenvalue weighted by molar-refractivity contribution is 7.23. The van der Waals surface area contributed by atoms with Gasteiger partial charge >= 0.3 is 0 Å². The lowest BCUT2D eigenvalue weighted by atomic mass is 10.0. The number of thiazole rings is 1. The zero-order chi connectivity index (χ0) is 35.6. The molecule has 0 unspecified atom stereocenters. The Hall–Kier alpha value is -6.95. The smallest absolute Gasteiger partial charge is 0.139 e. The van der Waals surface area contributed by atoms with Crippen molar-refractivity contribution in [2.75, 3.05) is 4.90 Å². The first-order valence-corrected chi connectivity index (χ1v) is 18.8. The number of fused-ring (bicyclic) bond motifs is 8. The van der Waals surface area contributed by atoms with E-state index < -0.39 is 0 Å². The lowest BCUT2D eigenvalue weighted by molar-refractivity contribution is 0.668. The minimum atomic E-state index is 0.827. The highest BCUT2D eigenvalue weighted by atomic mass is 32.1. The van der Waals surface area contributed by atoms with Gasteiger partial charge < -0.3 is 13.7 Å². The molecule has 0 bridgehead atoms. The van der Waals surface area contributed by atoms with Crippen LogP contribution in [0.3, 0.4) is 0 Å². The van der Waals surface area contributed by atoms with E-state index in [0.717, 1.165) is 92.9 Å². The number of aromatic nitrogens is 1. The molecular formula is C49H30N2O2S. The van der Waals surface area contributed by atoms with Crippen molar-refractivity contribution in [3.63, 3.8) is 0 Å². The van der Waals surface area contributed by atoms with Crippen LogP contribution >= 0.6 is 11.3 Å². The van der Waals surface area contributed by atoms with Gasteiger partial charge in [0, 0.05) is 44.5 Å². The van der Waals surface area contributed by atoms with E-state index in [1.807, 2.05) is 30.3 Å². The summed E-state index contributed by atoms with van der Waals surface area (Å²) in [5, 5.41) is 5.25. The Morgan fingerprint density at radius 1 is 0.426 bits per heavy atom. The molecule has 0 saturated heterocycles. The number of benzene rings is 8. The first kappa shape index (κ1) is 30.7. The summed E-state index contributed by atoms with van der Waals surface area (Å²) >= 11 is 1.71. The minimum absolute atomic E-state index is 0.827. The van der Waals surface area contributed by atoms with Crippen LogP contribution in [0.1, 0.15) is 0 Å². The molecule has 0 fully saturated rings. The van der Waals surface area contributed by atoms with E-state index in [0.29, 0.717) is 0 Å². The molecule has 8 aromatic carbocycles. The number of furan rings is 2. The van der Waals surface area contributed by atoms with Crippen LogP contribution < -0.4 is 4.90 Å². The lowest BCUT2D eigenvalue weighted by Crippen LogP contribution is -2.10. The Bertz CT molecular complexity index is 3060. The molecule has 0 atom stereocenters. The molecule has 3 heterocycles. The SMILES string of the molecule is c1ccc(-c2ccc(N(c3ccc(-c4ccccc4)cc3)c3cc4oc5ccccc5c4c4sc(-c5cccc6oc7ccccc7c56)nc34)cc2)cc1. The second kappa shape index (κ2) is 12.3. The fourth-order valence-corrected chi connectivity index (χ4v) is 8.96. The Labute approximate surface area is 314 Å². The Kier molecular flexibility index (Phi) is 7.00. The average molecular weight is 711 g/mol. The van der Waals surface area contributed by atoms with E-state index in [2.05, 4.69) is 157 Å². The molecular weight excluding hydrogens is 681 g/mol. The molecule has 0 radical (unpaired) electrons. The third-order valence-corrected chi connectivity index (χ3v) is 11.4. The van der Waals surface area contributed by atoms with E-state index in [1.54, 1.807) is 11.3 Å². The van der Waals surface area contributed by atoms with Gasteiger partial charge in [0.15, 0.2) is 0 Å². The second-order valence-electron chi connectivity index (χ2n) is 13.5. The maximum absolute atomic E-state index is 6.64. The summed E-state index contributed by atoms with van der Waals surface area (Å²) in [4.78, 5) is 7.87. The number of hydrogen-bond acceptors (Lipinski definition) is 5. The van der Waals surface area contributed by atoms with Crippen LogP contribution in [0.2, 0.25) is 0 Å². The maximum Gasteiger partial charge on any atom is 0.139 e. The summed E-state index contributed by atoms with van der Waals surface area (Å²) in [5.74, 6) is 0. The molecule has 3 aromatic heterocycles. The number of para-hydroxylation sites is 2. The van der Waals surface area contributed by atoms with Crippen LogP contribution in [-0.4, -0.2) is 4.98 Å². The minimum Gasteiger partial charge on any atom is -0.456 e. The predicted molar refractivity (Wildman–Crippen MR) is 225 cm³/mol. The van der Waals surface area contributed by atoms with Gasteiger partial charge in [-0.05, 0) is 64.7 Å². The third kappa shape index (κ3) is 4.94. The summed E-state index contributed by atoms with van der Waals surface area (Å²) in [6, 6.07) is 63.6. The van der Waals surface area contributed by atoms with Crippen LogP contribution in [0.4, 0.5) is 17.1 Å². The van der Waals surface area contributed by atoms with Gasteiger partial charge in [0.1, 0.15) is 32.9 Å². The highest BCUT2D eigenvalue weighted by Gasteiger charge is 2.25. The Balaban J connectivity index is 1.18. The third-order valence-electron chi connectivity index (χ3n) is 10.3. The van der Waals surface area contributed by atoms with Crippen molar-refractivity contribution >= 4 is 82.5 Å². The highest BCUT2D eigenvalue weighted by Crippen LogP contribution is 2.49. The largest absolute Gasteiger partial charge is 0.456 e. The quantitative estimate of drug-likeness (QED) is 0.172. The summed E-state index contributed by atoms with van der Waals surface area (Å²) < 4.78 is 14.0. The van der Waals surface area contributed by atoms with Crippen molar-refractivity contribution in [3.05, 3.63) is 182 Å². The number of anilines is 3. The average Bonchev–Trinajstić information content (AvgIpc) is 3.96. The molecule has 11 rings (SSSR count). The van der Waals surface area contributed by atoms with Gasteiger partial charge in [-0.25, -0.2) is 4.98 Å². The number of hydrogen-bond donors (Lipinski definition) is 0. The predicted octanol–water partition coefficient (Wildman–Crippen LogP) is 14.6. The fraction of sp³-hybridized carbons (Fsp3) is 0. The van der Waals surface area contributed by atoms with Gasteiger partial charge in [0.2, 0.25) is 0 Å². The molecule has 254 valence electrons. The zero-order valence-electron chi connectivity index (χ0n) is 28.9. The molecule has 0 N–H and O–H groups in total. The van der Waals surface area contributed by atoms with Crippen LogP contribution in [-0.2, 0) is 0 Å². The summed E-state index contributed by atoms with van der Waals surface area (Å²) in [5.41, 5.74) is 13.0. The van der Waals surface area contributed by atoms with Gasteiger partial charge in [0.25, 0.3) is 0 Å². The van der Waals surface area contributed by atoms with E-state index in [1.165, 1.54) is 11.1 Å². The van der Waals surface area contributed by atoms with Gasteiger partial charge in [-0.3, -0.25) is 0 Å². The van der Waals surface area contributed by atoms with Crippen molar-refractivity contribution in [1.82, 2.24) is 4.98 Å². The van der Waals surface area contributed by atoms with Crippen LogP contribution in [0.15, 0.2) is 191 Å². The molecule has 0 saturated carbocycles. The van der Waals surface area contributed by atoms with Gasteiger partial charge in [-0.15, -0.1) is 11.3 Å². The van der Waals surface area contributed by atoms with Crippen molar-refractivity contribution in [2.24, 2.45) is 0 Å². The summed E-state index contributed by atoms with van der Waals surface area (Å²) in [7, 11) is 0. The number of rotatable bonds is 6. The van der Waals surface area contributed by atoms with Crippen LogP contribution in [0.5, 0.6) is 0 Å². The van der Waals surface area contributed by atoms with E-state index in [9.17, 15) is 0 Å². The van der Waals surface area contributed by atoms with Crippen molar-refractivity contribution < 1.29 is 8.83 Å². The van der Waals surface area contributed by atoms with Crippen LogP contribution in [0.25, 0.3) is 86.9 Å². The van der Waals surface area contributed by atoms with Crippen LogP contribution in [0, 0.1) is 0 Å². The molecule has 4 nitrogen and oxygen atoms in total. The molecule has 0 aliphatic heterocycles. The molecule has 54 heavy (non-hydrogen) atoms. The second-order valence-corrected chi connectivity index (χ2v) is 14.5. The standard InChI is InChI=1S/C49H30N2O2S/c1-3-12-31(13-4-1)33-22-26-35(27-23-33)51(36-28-24-34(25-29-36)32-14-5-2-6-15-32)40-30-44-46(38-17-8-10-20-42(38)53-44)48-47(40)50-49(54-48)39-18-11-21-43-45(39)37-16-7-9-19-41(37)52-43/h1-30H. The molecule has 0 aliphatic carbocycles. The molecule has 0 amide bonds. The maximum atomic E-state index is 6.64. The number of nitrogens with zero attached hydrogens (tertiary/aromatic N) is 2. The van der Waals surface area contributed by atoms with Crippen molar-refractivity contribution in [1.29, 1.82) is 0 Å². The molecule has 0 aliphatic rings. The van der Waals surface area contributed by atoms with E-state index in [4.69, 9.17) is 13.8 Å². The monoisotopic (exact) mass is 710 g/mol. The van der Waals surface area contributed by atoms with Gasteiger partial charge in [-0.1, -0.05) is 133 Å². The first-order chi connectivity index (χ1) is 26.8. The molecule has 5 heteroatoms. The first-order valence-electron chi connectivity index (χ1n) is 18.0. The van der Waals surface area contributed by atoms with Gasteiger partial charge in [-0.2, -0.15) is 0 Å². The topological polar surface area (TPSA) is 42.4 Å². The molecule has 0 spiro atoms. The van der Waals surface area contributed by atoms with E-state index >= 15 is 0 Å². The van der Waals surface area contributed by atoms with Gasteiger partial charge in [0.05, 0.1) is 10.4 Å².